The van der Waals surface area contributed by atoms with Gasteiger partial charge in [-0.1, -0.05) is 43.9 Å². The molecular weight excluding hydrogens is 294 g/mol. The molecule has 2 fully saturated rings. The zero-order chi connectivity index (χ0) is 16.4. The molecule has 2 saturated carbocycles. The number of carbonyl (C=O) groups is 1. The lowest BCUT2D eigenvalue weighted by molar-refractivity contribution is -0.120. The Morgan fingerprint density at radius 2 is 1.83 bits per heavy atom. The zero-order valence-corrected chi connectivity index (χ0v) is 14.4. The SMILES string of the molecule is O=C(/C=C/c1cc2ccccc2n1CC1CCCCC1)C1CCC1. The molecule has 0 bridgehead atoms. The molecule has 2 aliphatic rings. The van der Waals surface area contributed by atoms with E-state index in [9.17, 15) is 4.79 Å². The van der Waals surface area contributed by atoms with E-state index in [1.165, 1.54) is 55.1 Å². The third-order valence-electron chi connectivity index (χ3n) is 5.93. The third-order valence-corrected chi connectivity index (χ3v) is 5.93. The molecule has 2 nitrogen and oxygen atoms in total. The lowest BCUT2D eigenvalue weighted by Gasteiger charge is -2.23. The quantitative estimate of drug-likeness (QED) is 0.657. The Morgan fingerprint density at radius 1 is 1.04 bits per heavy atom. The molecule has 4 rings (SSSR count). The maximum absolute atomic E-state index is 12.2. The maximum atomic E-state index is 12.2. The number of allylic oxidation sites excluding steroid dienone is 1. The van der Waals surface area contributed by atoms with Gasteiger partial charge in [-0.25, -0.2) is 0 Å². The molecule has 0 amide bonds. The minimum atomic E-state index is 0.289. The van der Waals surface area contributed by atoms with Crippen molar-refractivity contribution in [2.75, 3.05) is 0 Å². The molecule has 0 saturated heterocycles. The van der Waals surface area contributed by atoms with Crippen molar-refractivity contribution >= 4 is 22.8 Å². The van der Waals surface area contributed by atoms with E-state index in [1.807, 2.05) is 6.08 Å². The molecule has 24 heavy (non-hydrogen) atoms. The fraction of sp³-hybridized carbons (Fsp3) is 0.500. The predicted molar refractivity (Wildman–Crippen MR) is 99.9 cm³/mol. The topological polar surface area (TPSA) is 22.0 Å². The van der Waals surface area contributed by atoms with Gasteiger partial charge >= 0.3 is 0 Å². The number of aromatic nitrogens is 1. The van der Waals surface area contributed by atoms with Gasteiger partial charge in [0.25, 0.3) is 0 Å². The van der Waals surface area contributed by atoms with E-state index in [0.29, 0.717) is 5.78 Å². The first-order chi connectivity index (χ1) is 11.8. The fourth-order valence-electron chi connectivity index (χ4n) is 4.20. The van der Waals surface area contributed by atoms with Crippen LogP contribution < -0.4 is 0 Å². The average molecular weight is 321 g/mol. The van der Waals surface area contributed by atoms with E-state index in [2.05, 4.69) is 41.0 Å². The summed E-state index contributed by atoms with van der Waals surface area (Å²) in [5.74, 6) is 1.39. The molecule has 0 N–H and O–H groups in total. The average Bonchev–Trinajstić information content (AvgIpc) is 2.90. The van der Waals surface area contributed by atoms with Crippen LogP contribution in [-0.4, -0.2) is 10.4 Å². The van der Waals surface area contributed by atoms with Crippen molar-refractivity contribution in [2.45, 2.75) is 57.9 Å². The minimum absolute atomic E-state index is 0.289. The Morgan fingerprint density at radius 3 is 2.58 bits per heavy atom. The standard InChI is InChI=1S/C22H27NO/c24-22(18-10-6-11-18)14-13-20-15-19-9-4-5-12-21(19)23(20)16-17-7-2-1-3-8-17/h4-5,9,12-15,17-18H,1-3,6-8,10-11,16H2/b14-13+. The van der Waals surface area contributed by atoms with Crippen LogP contribution in [0.5, 0.6) is 0 Å². The Bertz CT molecular complexity index is 744. The normalized spacial score (nSPS) is 19.8. The van der Waals surface area contributed by atoms with Gasteiger partial charge in [-0.2, -0.15) is 0 Å². The molecular formula is C22H27NO. The highest BCUT2D eigenvalue weighted by Gasteiger charge is 2.23. The van der Waals surface area contributed by atoms with Crippen LogP contribution in [0.25, 0.3) is 17.0 Å². The number of hydrogen-bond donors (Lipinski definition) is 0. The second kappa shape index (κ2) is 6.96. The highest BCUT2D eigenvalue weighted by atomic mass is 16.1. The number of nitrogens with zero attached hydrogens (tertiary/aromatic N) is 1. The number of fused-ring (bicyclic) bond motifs is 1. The summed E-state index contributed by atoms with van der Waals surface area (Å²) in [6.07, 6.45) is 14.1. The van der Waals surface area contributed by atoms with Crippen LogP contribution in [0.3, 0.4) is 0 Å². The van der Waals surface area contributed by atoms with Crippen molar-refractivity contribution in [1.29, 1.82) is 0 Å². The van der Waals surface area contributed by atoms with Gasteiger partial charge in [0.1, 0.15) is 0 Å². The molecule has 1 heterocycles. The molecule has 1 aromatic carbocycles. The molecule has 0 unspecified atom stereocenters. The summed E-state index contributed by atoms with van der Waals surface area (Å²) >= 11 is 0. The lowest BCUT2D eigenvalue weighted by Crippen LogP contribution is -2.19. The summed E-state index contributed by atoms with van der Waals surface area (Å²) in [4.78, 5) is 12.2. The molecule has 0 aliphatic heterocycles. The van der Waals surface area contributed by atoms with Gasteiger partial charge in [-0.05, 0) is 55.9 Å². The van der Waals surface area contributed by atoms with Crippen molar-refractivity contribution in [2.24, 2.45) is 11.8 Å². The van der Waals surface area contributed by atoms with Crippen LogP contribution in [0.2, 0.25) is 0 Å². The summed E-state index contributed by atoms with van der Waals surface area (Å²) < 4.78 is 2.44. The first-order valence-electron chi connectivity index (χ1n) is 9.61. The summed E-state index contributed by atoms with van der Waals surface area (Å²) in [6.45, 7) is 1.09. The smallest absolute Gasteiger partial charge is 0.158 e. The van der Waals surface area contributed by atoms with Crippen molar-refractivity contribution < 1.29 is 4.79 Å². The first kappa shape index (κ1) is 15.7. The highest BCUT2D eigenvalue weighted by Crippen LogP contribution is 2.30. The maximum Gasteiger partial charge on any atom is 0.158 e. The molecule has 0 spiro atoms. The summed E-state index contributed by atoms with van der Waals surface area (Å²) in [7, 11) is 0. The Labute approximate surface area is 144 Å². The molecule has 1 aromatic heterocycles. The summed E-state index contributed by atoms with van der Waals surface area (Å²) in [6, 6.07) is 10.8. The number of carbonyl (C=O) groups excluding carboxylic acids is 1. The zero-order valence-electron chi connectivity index (χ0n) is 14.4. The second-order valence-electron chi connectivity index (χ2n) is 7.61. The van der Waals surface area contributed by atoms with Gasteiger partial charge in [0.05, 0.1) is 0 Å². The van der Waals surface area contributed by atoms with Crippen LogP contribution in [0.4, 0.5) is 0 Å². The molecule has 2 heteroatoms. The van der Waals surface area contributed by atoms with E-state index in [4.69, 9.17) is 0 Å². The van der Waals surface area contributed by atoms with Crippen molar-refractivity contribution in [3.63, 3.8) is 0 Å². The van der Waals surface area contributed by atoms with Crippen LogP contribution in [0.15, 0.2) is 36.4 Å². The Hall–Kier alpha value is -1.83. The van der Waals surface area contributed by atoms with E-state index in [-0.39, 0.29) is 5.92 Å². The Balaban J connectivity index is 1.61. The van der Waals surface area contributed by atoms with Gasteiger partial charge in [0, 0.05) is 29.1 Å². The Kier molecular flexibility index (Phi) is 4.55. The number of rotatable bonds is 5. The summed E-state index contributed by atoms with van der Waals surface area (Å²) in [5.41, 5.74) is 2.49. The van der Waals surface area contributed by atoms with Crippen molar-refractivity contribution in [3.05, 3.63) is 42.1 Å². The monoisotopic (exact) mass is 321 g/mol. The van der Waals surface area contributed by atoms with E-state index >= 15 is 0 Å². The molecule has 2 aliphatic carbocycles. The van der Waals surface area contributed by atoms with Crippen LogP contribution in [0.1, 0.15) is 57.1 Å². The highest BCUT2D eigenvalue weighted by molar-refractivity contribution is 5.96. The first-order valence-corrected chi connectivity index (χ1v) is 9.61. The molecule has 2 aromatic rings. The van der Waals surface area contributed by atoms with E-state index < -0.39 is 0 Å². The number of benzene rings is 1. The van der Waals surface area contributed by atoms with Gasteiger partial charge in [0.15, 0.2) is 5.78 Å². The van der Waals surface area contributed by atoms with Gasteiger partial charge in [-0.15, -0.1) is 0 Å². The molecule has 0 radical (unpaired) electrons. The fourth-order valence-corrected chi connectivity index (χ4v) is 4.20. The number of ketones is 1. The second-order valence-corrected chi connectivity index (χ2v) is 7.61. The van der Waals surface area contributed by atoms with Crippen LogP contribution in [-0.2, 0) is 11.3 Å². The van der Waals surface area contributed by atoms with Gasteiger partial charge < -0.3 is 4.57 Å². The van der Waals surface area contributed by atoms with Crippen molar-refractivity contribution in [1.82, 2.24) is 4.57 Å². The number of para-hydroxylation sites is 1. The molecule has 126 valence electrons. The lowest BCUT2D eigenvalue weighted by atomic mass is 9.82. The minimum Gasteiger partial charge on any atom is -0.341 e. The van der Waals surface area contributed by atoms with Crippen LogP contribution in [0, 0.1) is 11.8 Å². The van der Waals surface area contributed by atoms with Gasteiger partial charge in [-0.3, -0.25) is 4.79 Å². The number of hydrogen-bond acceptors (Lipinski definition) is 1. The van der Waals surface area contributed by atoms with Crippen molar-refractivity contribution in [3.8, 4) is 0 Å². The predicted octanol–water partition coefficient (Wildman–Crippen LogP) is 5.60. The third kappa shape index (κ3) is 3.19. The largest absolute Gasteiger partial charge is 0.341 e. The molecule has 0 atom stereocenters. The summed E-state index contributed by atoms with van der Waals surface area (Å²) in [5, 5.41) is 1.28. The van der Waals surface area contributed by atoms with Crippen LogP contribution >= 0.6 is 0 Å². The van der Waals surface area contributed by atoms with Gasteiger partial charge in [0.2, 0.25) is 0 Å². The van der Waals surface area contributed by atoms with E-state index in [1.54, 1.807) is 0 Å². The van der Waals surface area contributed by atoms with E-state index in [0.717, 1.165) is 25.3 Å².